The van der Waals surface area contributed by atoms with Crippen LogP contribution < -0.4 is 0 Å². The van der Waals surface area contributed by atoms with Gasteiger partial charge in [0.1, 0.15) is 5.47 Å². The molecule has 1 rings (SSSR count). The molecular weight excluding hydrogens is 231 g/mol. The summed E-state index contributed by atoms with van der Waals surface area (Å²) >= 11 is 7.26. The summed E-state index contributed by atoms with van der Waals surface area (Å²) in [5.41, 5.74) is -1.67. The van der Waals surface area contributed by atoms with Crippen molar-refractivity contribution in [3.8, 4) is 0 Å². The van der Waals surface area contributed by atoms with Gasteiger partial charge >= 0.3 is 0 Å². The lowest BCUT2D eigenvalue weighted by Crippen LogP contribution is -1.88. The van der Waals surface area contributed by atoms with E-state index in [1.807, 2.05) is 25.1 Å². The molecule has 0 aliphatic carbocycles. The van der Waals surface area contributed by atoms with Gasteiger partial charge in [-0.3, -0.25) is 0 Å². The predicted octanol–water partition coefficient (Wildman–Crippen LogP) is 4.14. The maximum atomic E-state index is 5.67. The van der Waals surface area contributed by atoms with E-state index in [2.05, 4.69) is 19.1 Å². The van der Waals surface area contributed by atoms with Crippen molar-refractivity contribution in [2.45, 2.75) is 18.7 Å². The van der Waals surface area contributed by atoms with Gasteiger partial charge in [0.15, 0.2) is 0 Å². The minimum Gasteiger partial charge on any atom is -0.341 e. The standard InChI is InChI=1S/C10H15OPS2/c1-3-11-12(13,4-2)14-10-8-6-5-7-9-10/h5-9H,3-4H2,1-2H3. The molecule has 4 heteroatoms. The predicted molar refractivity (Wildman–Crippen MR) is 68.8 cm³/mol. The normalized spacial score (nSPS) is 15.0. The van der Waals surface area contributed by atoms with Crippen molar-refractivity contribution in [3.05, 3.63) is 30.3 Å². The maximum Gasteiger partial charge on any atom is 0.123 e. The zero-order valence-corrected chi connectivity index (χ0v) is 11.0. The molecule has 1 aromatic rings. The summed E-state index contributed by atoms with van der Waals surface area (Å²) in [5.74, 6) is 0. The molecule has 0 fully saturated rings. The first kappa shape index (κ1) is 12.3. The van der Waals surface area contributed by atoms with Gasteiger partial charge in [0.05, 0.1) is 0 Å². The maximum absolute atomic E-state index is 5.67. The van der Waals surface area contributed by atoms with Crippen LogP contribution in [0.3, 0.4) is 0 Å². The zero-order chi connectivity index (χ0) is 10.4. The van der Waals surface area contributed by atoms with E-state index in [0.717, 1.165) is 6.16 Å². The molecule has 0 heterocycles. The largest absolute Gasteiger partial charge is 0.341 e. The Balaban J connectivity index is 2.71. The van der Waals surface area contributed by atoms with Crippen molar-refractivity contribution in [1.82, 2.24) is 0 Å². The fourth-order valence-corrected chi connectivity index (χ4v) is 5.66. The van der Waals surface area contributed by atoms with Crippen molar-refractivity contribution in [2.75, 3.05) is 12.8 Å². The Kier molecular flexibility index (Phi) is 5.18. The smallest absolute Gasteiger partial charge is 0.123 e. The third-order valence-electron chi connectivity index (χ3n) is 1.70. The molecule has 1 aromatic carbocycles. The highest BCUT2D eigenvalue weighted by Crippen LogP contribution is 2.62. The minimum atomic E-state index is -1.67. The topological polar surface area (TPSA) is 9.23 Å². The van der Waals surface area contributed by atoms with Gasteiger partial charge in [0.2, 0.25) is 0 Å². The summed E-state index contributed by atoms with van der Waals surface area (Å²) < 4.78 is 5.67. The first-order valence-corrected chi connectivity index (χ1v) is 9.01. The van der Waals surface area contributed by atoms with Gasteiger partial charge in [-0.15, -0.1) is 0 Å². The van der Waals surface area contributed by atoms with Crippen LogP contribution in [0.4, 0.5) is 0 Å². The van der Waals surface area contributed by atoms with Crippen LogP contribution in [0.15, 0.2) is 35.2 Å². The number of rotatable bonds is 5. The van der Waals surface area contributed by atoms with Gasteiger partial charge in [-0.25, -0.2) is 0 Å². The molecule has 0 saturated heterocycles. The highest BCUT2D eigenvalue weighted by molar-refractivity contribution is 8.69. The van der Waals surface area contributed by atoms with E-state index in [9.17, 15) is 0 Å². The average Bonchev–Trinajstić information content (AvgIpc) is 2.20. The van der Waals surface area contributed by atoms with E-state index < -0.39 is 5.47 Å². The van der Waals surface area contributed by atoms with Crippen LogP contribution in [-0.2, 0) is 16.3 Å². The van der Waals surface area contributed by atoms with Gasteiger partial charge in [-0.1, -0.05) is 48.3 Å². The third kappa shape index (κ3) is 3.74. The molecule has 1 unspecified atom stereocenters. The Morgan fingerprint density at radius 3 is 2.43 bits per heavy atom. The van der Waals surface area contributed by atoms with Crippen molar-refractivity contribution in [2.24, 2.45) is 0 Å². The molecule has 1 atom stereocenters. The summed E-state index contributed by atoms with van der Waals surface area (Å²) in [7, 11) is 0. The van der Waals surface area contributed by atoms with Crippen molar-refractivity contribution in [1.29, 1.82) is 0 Å². The van der Waals surface area contributed by atoms with Crippen LogP contribution in [0.1, 0.15) is 13.8 Å². The molecule has 1 nitrogen and oxygen atoms in total. The van der Waals surface area contributed by atoms with E-state index in [4.69, 9.17) is 16.3 Å². The van der Waals surface area contributed by atoms with Crippen LogP contribution >= 0.6 is 16.8 Å². The van der Waals surface area contributed by atoms with Crippen molar-refractivity contribution >= 4 is 28.7 Å². The second-order valence-electron chi connectivity index (χ2n) is 2.75. The van der Waals surface area contributed by atoms with Gasteiger partial charge in [0.25, 0.3) is 0 Å². The molecule has 0 bridgehead atoms. The Morgan fingerprint density at radius 1 is 1.29 bits per heavy atom. The third-order valence-corrected chi connectivity index (χ3v) is 8.21. The molecular formula is C10H15OPS2. The fourth-order valence-electron chi connectivity index (χ4n) is 1.02. The van der Waals surface area contributed by atoms with Gasteiger partial charge in [0, 0.05) is 17.7 Å². The molecule has 0 aromatic heterocycles. The molecule has 78 valence electrons. The van der Waals surface area contributed by atoms with Crippen molar-refractivity contribution < 1.29 is 4.52 Å². The number of benzene rings is 1. The molecule has 14 heavy (non-hydrogen) atoms. The summed E-state index contributed by atoms with van der Waals surface area (Å²) in [6.45, 7) is 4.82. The van der Waals surface area contributed by atoms with E-state index in [1.165, 1.54) is 4.90 Å². The lowest BCUT2D eigenvalue weighted by atomic mass is 10.4. The van der Waals surface area contributed by atoms with Gasteiger partial charge in [-0.2, -0.15) is 0 Å². The summed E-state index contributed by atoms with van der Waals surface area (Å²) in [5, 5.41) is 0. The summed E-state index contributed by atoms with van der Waals surface area (Å²) in [6.07, 6.45) is 0.940. The molecule has 0 amide bonds. The number of hydrogen-bond donors (Lipinski definition) is 0. The second kappa shape index (κ2) is 5.92. The quantitative estimate of drug-likeness (QED) is 0.722. The molecule has 0 radical (unpaired) electrons. The summed E-state index contributed by atoms with van der Waals surface area (Å²) in [6, 6.07) is 10.2. The minimum absolute atomic E-state index is 0.713. The highest BCUT2D eigenvalue weighted by atomic mass is 32.9. The zero-order valence-electron chi connectivity index (χ0n) is 8.47. The van der Waals surface area contributed by atoms with E-state index in [-0.39, 0.29) is 0 Å². The van der Waals surface area contributed by atoms with E-state index in [1.54, 1.807) is 11.4 Å². The lowest BCUT2D eigenvalue weighted by Gasteiger charge is -2.18. The first-order chi connectivity index (χ1) is 6.70. The molecule has 0 aliphatic heterocycles. The number of hydrogen-bond acceptors (Lipinski definition) is 3. The lowest BCUT2D eigenvalue weighted by molar-refractivity contribution is 0.385. The van der Waals surface area contributed by atoms with Gasteiger partial charge in [-0.05, 0) is 19.1 Å². The van der Waals surface area contributed by atoms with Crippen LogP contribution in [0, 0.1) is 0 Å². The monoisotopic (exact) mass is 246 g/mol. The van der Waals surface area contributed by atoms with Gasteiger partial charge < -0.3 is 4.52 Å². The van der Waals surface area contributed by atoms with Crippen LogP contribution in [0.2, 0.25) is 0 Å². The van der Waals surface area contributed by atoms with E-state index in [0.29, 0.717) is 6.61 Å². The Morgan fingerprint density at radius 2 is 1.93 bits per heavy atom. The highest BCUT2D eigenvalue weighted by Gasteiger charge is 2.15. The SMILES string of the molecule is CCOP(=S)(CC)Sc1ccccc1. The van der Waals surface area contributed by atoms with Crippen molar-refractivity contribution in [3.63, 3.8) is 0 Å². The Labute approximate surface area is 95.1 Å². The molecule has 0 aliphatic rings. The average molecular weight is 246 g/mol. The molecule has 0 N–H and O–H groups in total. The van der Waals surface area contributed by atoms with Crippen LogP contribution in [0.5, 0.6) is 0 Å². The molecule has 0 saturated carbocycles. The first-order valence-electron chi connectivity index (χ1n) is 4.68. The second-order valence-corrected chi connectivity index (χ2v) is 10.3. The van der Waals surface area contributed by atoms with E-state index >= 15 is 0 Å². The summed E-state index contributed by atoms with van der Waals surface area (Å²) in [4.78, 5) is 1.21. The Hall–Kier alpha value is 0.180. The Bertz CT molecular complexity index is 313. The fraction of sp³-hybridized carbons (Fsp3) is 0.400. The van der Waals surface area contributed by atoms with Crippen LogP contribution in [0.25, 0.3) is 0 Å². The van der Waals surface area contributed by atoms with Crippen LogP contribution in [-0.4, -0.2) is 12.8 Å². The molecule has 0 spiro atoms.